The molecule has 19 heavy (non-hydrogen) atoms. The van der Waals surface area contributed by atoms with Crippen LogP contribution in [-0.4, -0.2) is 15.7 Å². The minimum absolute atomic E-state index is 0.292. The van der Waals surface area contributed by atoms with Gasteiger partial charge in [-0.2, -0.15) is 0 Å². The Labute approximate surface area is 122 Å². The van der Waals surface area contributed by atoms with Crippen molar-refractivity contribution < 1.29 is 0 Å². The molecule has 2 heterocycles. The number of aromatic nitrogens is 1. The number of para-hydroxylation sites is 1. The predicted molar refractivity (Wildman–Crippen MR) is 86.4 cm³/mol. The van der Waals surface area contributed by atoms with E-state index in [4.69, 9.17) is 22.9 Å². The number of hydrogen-bond acceptors (Lipinski definition) is 3. The lowest BCUT2D eigenvalue weighted by atomic mass is 9.87. The summed E-state index contributed by atoms with van der Waals surface area (Å²) in [4.78, 5) is 5.37. The van der Waals surface area contributed by atoms with E-state index in [1.165, 1.54) is 0 Å². The molecule has 1 aliphatic rings. The molecule has 2 N–H and O–H groups in total. The van der Waals surface area contributed by atoms with Gasteiger partial charge in [0.25, 0.3) is 0 Å². The molecule has 2 aromatic rings. The molecule has 2 nitrogen and oxygen atoms in total. The highest BCUT2D eigenvalue weighted by Gasteiger charge is 2.46. The standard InChI is InChI=1S/C15H16N2S2/c1-10-8-9-19-15(10,14(16)18)13-7-6-11-4-2-3-5-12(11)17-13/h2-7,10H,8-9H2,1H3,(H2,16,18). The summed E-state index contributed by atoms with van der Waals surface area (Å²) in [6.45, 7) is 2.22. The number of thioether (sulfide) groups is 1. The summed E-state index contributed by atoms with van der Waals surface area (Å²) in [6, 6.07) is 12.3. The average Bonchev–Trinajstić information content (AvgIpc) is 2.81. The molecule has 2 unspecified atom stereocenters. The zero-order valence-corrected chi connectivity index (χ0v) is 12.4. The second-order valence-electron chi connectivity index (χ2n) is 5.03. The summed E-state index contributed by atoms with van der Waals surface area (Å²) in [5.41, 5.74) is 8.09. The summed E-state index contributed by atoms with van der Waals surface area (Å²) < 4.78 is -0.292. The van der Waals surface area contributed by atoms with Crippen LogP contribution in [-0.2, 0) is 4.75 Å². The molecular weight excluding hydrogens is 272 g/mol. The molecule has 98 valence electrons. The van der Waals surface area contributed by atoms with Crippen LogP contribution >= 0.6 is 24.0 Å². The monoisotopic (exact) mass is 288 g/mol. The fraction of sp³-hybridized carbons (Fsp3) is 0.333. The lowest BCUT2D eigenvalue weighted by Crippen LogP contribution is -2.40. The molecular formula is C15H16N2S2. The summed E-state index contributed by atoms with van der Waals surface area (Å²) >= 11 is 7.21. The maximum absolute atomic E-state index is 6.07. The Kier molecular flexibility index (Phi) is 3.23. The van der Waals surface area contributed by atoms with Crippen LogP contribution in [0.4, 0.5) is 0 Å². The van der Waals surface area contributed by atoms with E-state index in [1.807, 2.05) is 30.0 Å². The van der Waals surface area contributed by atoms with Crippen LogP contribution in [0.1, 0.15) is 19.0 Å². The number of hydrogen-bond donors (Lipinski definition) is 1. The topological polar surface area (TPSA) is 38.9 Å². The van der Waals surface area contributed by atoms with Gasteiger partial charge in [0.05, 0.1) is 16.2 Å². The molecule has 0 amide bonds. The van der Waals surface area contributed by atoms with Crippen molar-refractivity contribution >= 4 is 39.9 Å². The first-order valence-electron chi connectivity index (χ1n) is 6.45. The lowest BCUT2D eigenvalue weighted by Gasteiger charge is -2.31. The smallest absolute Gasteiger partial charge is 0.110 e. The van der Waals surface area contributed by atoms with Crippen LogP contribution in [0.2, 0.25) is 0 Å². The van der Waals surface area contributed by atoms with Crippen molar-refractivity contribution in [2.24, 2.45) is 11.7 Å². The maximum Gasteiger partial charge on any atom is 0.110 e. The molecule has 0 saturated carbocycles. The zero-order chi connectivity index (χ0) is 13.5. The molecule has 1 fully saturated rings. The highest BCUT2D eigenvalue weighted by Crippen LogP contribution is 2.50. The number of thiocarbonyl (C=S) groups is 1. The number of rotatable bonds is 2. The Morgan fingerprint density at radius 2 is 2.16 bits per heavy atom. The van der Waals surface area contributed by atoms with Gasteiger partial charge in [0.1, 0.15) is 4.75 Å². The Balaban J connectivity index is 2.18. The number of fused-ring (bicyclic) bond motifs is 1. The molecule has 2 atom stereocenters. The number of benzene rings is 1. The van der Waals surface area contributed by atoms with Crippen LogP contribution in [0.3, 0.4) is 0 Å². The molecule has 0 spiro atoms. The number of pyridine rings is 1. The van der Waals surface area contributed by atoms with Gasteiger partial charge in [0.15, 0.2) is 0 Å². The first kappa shape index (κ1) is 12.9. The van der Waals surface area contributed by atoms with Crippen LogP contribution in [0.25, 0.3) is 10.9 Å². The molecule has 1 aromatic heterocycles. The first-order valence-corrected chi connectivity index (χ1v) is 7.84. The lowest BCUT2D eigenvalue weighted by molar-refractivity contribution is 0.516. The zero-order valence-electron chi connectivity index (χ0n) is 10.8. The minimum Gasteiger partial charge on any atom is -0.392 e. The largest absolute Gasteiger partial charge is 0.392 e. The van der Waals surface area contributed by atoms with E-state index in [0.717, 1.165) is 28.8 Å². The van der Waals surface area contributed by atoms with Crippen LogP contribution in [0, 0.1) is 5.92 Å². The van der Waals surface area contributed by atoms with Crippen molar-refractivity contribution in [3.8, 4) is 0 Å². The maximum atomic E-state index is 6.07. The van der Waals surface area contributed by atoms with Crippen LogP contribution in [0.15, 0.2) is 36.4 Å². The van der Waals surface area contributed by atoms with Crippen molar-refractivity contribution in [2.45, 2.75) is 18.1 Å². The summed E-state index contributed by atoms with van der Waals surface area (Å²) in [6.07, 6.45) is 1.14. The number of nitrogens with zero attached hydrogens (tertiary/aromatic N) is 1. The van der Waals surface area contributed by atoms with Crippen LogP contribution in [0.5, 0.6) is 0 Å². The third-order valence-corrected chi connectivity index (χ3v) is 6.10. The second kappa shape index (κ2) is 4.76. The van der Waals surface area contributed by atoms with E-state index in [1.54, 1.807) is 0 Å². The van der Waals surface area contributed by atoms with Crippen molar-refractivity contribution in [1.29, 1.82) is 0 Å². The summed E-state index contributed by atoms with van der Waals surface area (Å²) in [5, 5.41) is 1.15. The van der Waals surface area contributed by atoms with Crippen LogP contribution < -0.4 is 5.73 Å². The average molecular weight is 288 g/mol. The van der Waals surface area contributed by atoms with Gasteiger partial charge in [-0.25, -0.2) is 0 Å². The molecule has 4 heteroatoms. The van der Waals surface area contributed by atoms with Gasteiger partial charge < -0.3 is 5.73 Å². The van der Waals surface area contributed by atoms with E-state index >= 15 is 0 Å². The van der Waals surface area contributed by atoms with E-state index in [0.29, 0.717) is 10.9 Å². The van der Waals surface area contributed by atoms with E-state index in [-0.39, 0.29) is 4.75 Å². The van der Waals surface area contributed by atoms with E-state index < -0.39 is 0 Å². The predicted octanol–water partition coefficient (Wildman–Crippen LogP) is 3.49. The molecule has 0 aliphatic carbocycles. The summed E-state index contributed by atoms with van der Waals surface area (Å²) in [7, 11) is 0. The number of nitrogens with two attached hydrogens (primary N) is 1. The third kappa shape index (κ3) is 1.94. The van der Waals surface area contributed by atoms with Crippen molar-refractivity contribution in [3.05, 3.63) is 42.1 Å². The van der Waals surface area contributed by atoms with E-state index in [9.17, 15) is 0 Å². The third-order valence-electron chi connectivity index (χ3n) is 3.92. The summed E-state index contributed by atoms with van der Waals surface area (Å²) in [5.74, 6) is 1.52. The molecule has 0 bridgehead atoms. The molecule has 1 aromatic carbocycles. The quantitative estimate of drug-likeness (QED) is 0.859. The Morgan fingerprint density at radius 3 is 2.84 bits per heavy atom. The Morgan fingerprint density at radius 1 is 1.37 bits per heavy atom. The molecule has 0 radical (unpaired) electrons. The molecule has 3 rings (SSSR count). The normalized spacial score (nSPS) is 26.7. The van der Waals surface area contributed by atoms with E-state index in [2.05, 4.69) is 25.1 Å². The van der Waals surface area contributed by atoms with Gasteiger partial charge in [-0.3, -0.25) is 4.98 Å². The first-order chi connectivity index (χ1) is 9.14. The SMILES string of the molecule is CC1CCSC1(C(N)=S)c1ccc2ccccc2n1. The Bertz CT molecular complexity index is 641. The fourth-order valence-electron chi connectivity index (χ4n) is 2.78. The van der Waals surface area contributed by atoms with Gasteiger partial charge >= 0.3 is 0 Å². The van der Waals surface area contributed by atoms with Crippen molar-refractivity contribution in [1.82, 2.24) is 4.98 Å². The fourth-order valence-corrected chi connectivity index (χ4v) is 4.86. The second-order valence-corrected chi connectivity index (χ2v) is 6.81. The molecule has 1 aliphatic heterocycles. The Hall–Kier alpha value is -1.13. The van der Waals surface area contributed by atoms with Crippen molar-refractivity contribution in [3.63, 3.8) is 0 Å². The highest BCUT2D eigenvalue weighted by atomic mass is 32.2. The van der Waals surface area contributed by atoms with Gasteiger partial charge in [-0.1, -0.05) is 43.4 Å². The van der Waals surface area contributed by atoms with Gasteiger partial charge in [-0.05, 0) is 30.2 Å². The van der Waals surface area contributed by atoms with Gasteiger partial charge in [0.2, 0.25) is 0 Å². The van der Waals surface area contributed by atoms with Gasteiger partial charge in [-0.15, -0.1) is 11.8 Å². The minimum atomic E-state index is -0.292. The van der Waals surface area contributed by atoms with Crippen molar-refractivity contribution in [2.75, 3.05) is 5.75 Å². The molecule has 1 saturated heterocycles. The highest BCUT2D eigenvalue weighted by molar-refractivity contribution is 8.02. The van der Waals surface area contributed by atoms with Gasteiger partial charge in [0, 0.05) is 5.39 Å².